The van der Waals surface area contributed by atoms with Crippen LogP contribution >= 0.6 is 24.0 Å². The summed E-state index contributed by atoms with van der Waals surface area (Å²) in [5, 5.41) is 6.04. The maximum Gasteiger partial charge on any atom is 0.241 e. The van der Waals surface area contributed by atoms with Crippen molar-refractivity contribution in [3.05, 3.63) is 30.1 Å². The van der Waals surface area contributed by atoms with Gasteiger partial charge in [-0.3, -0.25) is 14.8 Å². The summed E-state index contributed by atoms with van der Waals surface area (Å²) in [6.07, 6.45) is 2.50. The largest absolute Gasteiger partial charge is 0.383 e. The number of likely N-dealkylation sites (N-methyl/N-ethyl adjacent to an activating group) is 1. The lowest BCUT2D eigenvalue weighted by Gasteiger charge is -2.18. The van der Waals surface area contributed by atoms with Crippen LogP contribution in [0.2, 0.25) is 0 Å². The van der Waals surface area contributed by atoms with Crippen LogP contribution < -0.4 is 10.6 Å². The average Bonchev–Trinajstić information content (AvgIpc) is 2.56. The van der Waals surface area contributed by atoms with E-state index in [1.807, 2.05) is 18.2 Å². The van der Waals surface area contributed by atoms with Gasteiger partial charge in [0.1, 0.15) is 0 Å². The number of carbonyl (C=O) groups is 1. The fourth-order valence-corrected chi connectivity index (χ4v) is 1.74. The summed E-state index contributed by atoms with van der Waals surface area (Å²) >= 11 is 0. The van der Waals surface area contributed by atoms with E-state index in [2.05, 4.69) is 20.6 Å². The molecular weight excluding hydrogens is 409 g/mol. The number of guanidine groups is 1. The number of nitrogens with zero attached hydrogens (tertiary/aromatic N) is 3. The monoisotopic (exact) mass is 435 g/mol. The van der Waals surface area contributed by atoms with Crippen molar-refractivity contribution in [3.8, 4) is 0 Å². The molecule has 1 aromatic heterocycles. The van der Waals surface area contributed by atoms with Crippen molar-refractivity contribution in [3.63, 3.8) is 0 Å². The Kier molecular flexibility index (Phi) is 12.3. The van der Waals surface area contributed by atoms with Crippen molar-refractivity contribution < 1.29 is 9.53 Å². The molecule has 0 aliphatic carbocycles. The van der Waals surface area contributed by atoms with Crippen LogP contribution in [0.1, 0.15) is 5.69 Å². The van der Waals surface area contributed by atoms with Crippen LogP contribution in [0.25, 0.3) is 0 Å². The third-order valence-electron chi connectivity index (χ3n) is 3.08. The minimum absolute atomic E-state index is 0. The minimum atomic E-state index is 0. The number of nitrogens with one attached hydrogen (secondary N) is 2. The molecule has 0 aromatic carbocycles. The summed E-state index contributed by atoms with van der Waals surface area (Å²) in [7, 11) is 5.09. The number of amides is 1. The van der Waals surface area contributed by atoms with Gasteiger partial charge in [0, 0.05) is 52.6 Å². The first-order valence-corrected chi connectivity index (χ1v) is 7.24. The van der Waals surface area contributed by atoms with Crippen LogP contribution in [0, 0.1) is 0 Å². The first kappa shape index (κ1) is 21.6. The van der Waals surface area contributed by atoms with Crippen molar-refractivity contribution in [1.82, 2.24) is 20.5 Å². The van der Waals surface area contributed by atoms with Crippen molar-refractivity contribution in [2.75, 3.05) is 47.4 Å². The van der Waals surface area contributed by atoms with Crippen molar-refractivity contribution in [2.24, 2.45) is 4.99 Å². The molecule has 8 heteroatoms. The van der Waals surface area contributed by atoms with Crippen LogP contribution in [-0.4, -0.2) is 69.2 Å². The van der Waals surface area contributed by atoms with Crippen molar-refractivity contribution >= 4 is 35.8 Å². The number of methoxy groups -OCH3 is 1. The summed E-state index contributed by atoms with van der Waals surface area (Å²) in [6.45, 7) is 2.05. The van der Waals surface area contributed by atoms with E-state index in [4.69, 9.17) is 4.74 Å². The first-order valence-electron chi connectivity index (χ1n) is 7.24. The molecule has 0 aliphatic heterocycles. The molecule has 1 aromatic rings. The Balaban J connectivity index is 0.00000484. The lowest BCUT2D eigenvalue weighted by molar-refractivity contribution is -0.128. The standard InChI is InChI=1S/C15H25N5O2.HI/c1-16-15(18-9-11-22-3)19-12-14(21)20(2)10-7-13-6-4-5-8-17-13;/h4-6,8H,7,9-12H2,1-3H3,(H2,16,18,19);1H. The van der Waals surface area contributed by atoms with Crippen LogP contribution in [0.15, 0.2) is 29.4 Å². The molecule has 0 atom stereocenters. The molecule has 1 amide bonds. The van der Waals surface area contributed by atoms with Gasteiger partial charge in [-0.2, -0.15) is 0 Å². The van der Waals surface area contributed by atoms with Gasteiger partial charge in [0.25, 0.3) is 0 Å². The van der Waals surface area contributed by atoms with Gasteiger partial charge in [-0.25, -0.2) is 0 Å². The first-order chi connectivity index (χ1) is 10.7. The topological polar surface area (TPSA) is 78.9 Å². The molecule has 0 bridgehead atoms. The number of pyridine rings is 1. The fourth-order valence-electron chi connectivity index (χ4n) is 1.74. The molecule has 0 fully saturated rings. The zero-order valence-electron chi connectivity index (χ0n) is 13.9. The average molecular weight is 435 g/mol. The van der Waals surface area contributed by atoms with Crippen LogP contribution in [-0.2, 0) is 16.0 Å². The molecule has 0 aliphatic rings. The Morgan fingerprint density at radius 1 is 1.39 bits per heavy atom. The van der Waals surface area contributed by atoms with Crippen LogP contribution in [0.3, 0.4) is 0 Å². The van der Waals surface area contributed by atoms with E-state index in [-0.39, 0.29) is 36.4 Å². The maximum absolute atomic E-state index is 12.1. The lowest BCUT2D eigenvalue weighted by atomic mass is 10.2. The molecule has 0 saturated carbocycles. The van der Waals surface area contributed by atoms with Crippen LogP contribution in [0.4, 0.5) is 0 Å². The van der Waals surface area contributed by atoms with Crippen LogP contribution in [0.5, 0.6) is 0 Å². The summed E-state index contributed by atoms with van der Waals surface area (Å²) in [5.74, 6) is 0.592. The fraction of sp³-hybridized carbons (Fsp3) is 0.533. The predicted octanol–water partition coefficient (Wildman–Crippen LogP) is 0.512. The molecular formula is C15H26IN5O2. The smallest absolute Gasteiger partial charge is 0.241 e. The number of rotatable bonds is 8. The zero-order valence-corrected chi connectivity index (χ0v) is 16.2. The highest BCUT2D eigenvalue weighted by atomic mass is 127. The van der Waals surface area contributed by atoms with Gasteiger partial charge in [0.15, 0.2) is 5.96 Å². The van der Waals surface area contributed by atoms with Gasteiger partial charge in [-0.15, -0.1) is 24.0 Å². The minimum Gasteiger partial charge on any atom is -0.383 e. The SMILES string of the molecule is CN=C(NCCOC)NCC(=O)N(C)CCc1ccccn1.I. The zero-order chi connectivity index (χ0) is 16.2. The Bertz CT molecular complexity index is 470. The summed E-state index contributed by atoms with van der Waals surface area (Å²) in [4.78, 5) is 22.0. The molecule has 1 heterocycles. The highest BCUT2D eigenvalue weighted by Crippen LogP contribution is 1.96. The van der Waals surface area contributed by atoms with E-state index in [1.165, 1.54) is 0 Å². The van der Waals surface area contributed by atoms with Crippen molar-refractivity contribution in [2.45, 2.75) is 6.42 Å². The van der Waals surface area contributed by atoms with Crippen molar-refractivity contribution in [1.29, 1.82) is 0 Å². The normalized spacial score (nSPS) is 10.7. The molecule has 0 unspecified atom stereocenters. The quantitative estimate of drug-likeness (QED) is 0.269. The van der Waals surface area contributed by atoms with Gasteiger partial charge >= 0.3 is 0 Å². The van der Waals surface area contributed by atoms with Gasteiger partial charge in [0.2, 0.25) is 5.91 Å². The van der Waals surface area contributed by atoms with Gasteiger partial charge < -0.3 is 20.3 Å². The summed E-state index contributed by atoms with van der Waals surface area (Å²) in [5.41, 5.74) is 0.979. The second-order valence-electron chi connectivity index (χ2n) is 4.73. The molecule has 0 spiro atoms. The van der Waals surface area contributed by atoms with Gasteiger partial charge in [-0.1, -0.05) is 6.07 Å². The van der Waals surface area contributed by atoms with E-state index >= 15 is 0 Å². The highest BCUT2D eigenvalue weighted by Gasteiger charge is 2.09. The Hall–Kier alpha value is -1.42. The number of halogens is 1. The number of hydrogen-bond donors (Lipinski definition) is 2. The second kappa shape index (κ2) is 13.1. The number of ether oxygens (including phenoxy) is 1. The van der Waals surface area contributed by atoms with Gasteiger partial charge in [-0.05, 0) is 12.1 Å². The number of carbonyl (C=O) groups excluding carboxylic acids is 1. The number of aromatic nitrogens is 1. The van der Waals surface area contributed by atoms with E-state index in [0.29, 0.717) is 25.7 Å². The number of aliphatic imine (C=N–C) groups is 1. The van der Waals surface area contributed by atoms with E-state index < -0.39 is 0 Å². The third-order valence-corrected chi connectivity index (χ3v) is 3.08. The lowest BCUT2D eigenvalue weighted by Crippen LogP contribution is -2.44. The Morgan fingerprint density at radius 2 is 2.17 bits per heavy atom. The van der Waals surface area contributed by atoms with E-state index in [0.717, 1.165) is 12.1 Å². The Labute approximate surface area is 154 Å². The Morgan fingerprint density at radius 3 is 2.78 bits per heavy atom. The molecule has 130 valence electrons. The number of hydrogen-bond acceptors (Lipinski definition) is 4. The second-order valence-corrected chi connectivity index (χ2v) is 4.73. The molecule has 0 radical (unpaired) electrons. The third kappa shape index (κ3) is 9.34. The highest BCUT2D eigenvalue weighted by molar-refractivity contribution is 14.0. The summed E-state index contributed by atoms with van der Waals surface area (Å²) < 4.78 is 4.95. The molecule has 2 N–H and O–H groups in total. The van der Waals surface area contributed by atoms with E-state index in [1.54, 1.807) is 32.3 Å². The predicted molar refractivity (Wildman–Crippen MR) is 102 cm³/mol. The molecule has 23 heavy (non-hydrogen) atoms. The van der Waals surface area contributed by atoms with Gasteiger partial charge in [0.05, 0.1) is 13.2 Å². The molecule has 0 saturated heterocycles. The van der Waals surface area contributed by atoms with E-state index in [9.17, 15) is 4.79 Å². The summed E-state index contributed by atoms with van der Waals surface area (Å²) in [6, 6.07) is 5.78. The molecule has 7 nitrogen and oxygen atoms in total. The maximum atomic E-state index is 12.1. The molecule has 1 rings (SSSR count).